The van der Waals surface area contributed by atoms with Gasteiger partial charge in [0.1, 0.15) is 0 Å². The number of esters is 1. The lowest BCUT2D eigenvalue weighted by Gasteiger charge is -2.15. The highest BCUT2D eigenvalue weighted by Crippen LogP contribution is 2.25. The van der Waals surface area contributed by atoms with Crippen LogP contribution in [-0.4, -0.2) is 19.6 Å². The molecule has 0 aliphatic heterocycles. The first-order chi connectivity index (χ1) is 9.20. The maximum atomic E-state index is 11.0. The van der Waals surface area contributed by atoms with Gasteiger partial charge in [0, 0.05) is 12.5 Å². The van der Waals surface area contributed by atoms with Crippen molar-refractivity contribution in [2.24, 2.45) is 0 Å². The Hall–Kier alpha value is -1.35. The summed E-state index contributed by atoms with van der Waals surface area (Å²) >= 11 is 0. The molecule has 0 saturated carbocycles. The molecule has 3 heteroatoms. The largest absolute Gasteiger partial charge is 0.469 e. The summed E-state index contributed by atoms with van der Waals surface area (Å²) < 4.78 is 4.63. The first kappa shape index (κ1) is 14.1. The normalized spacial score (nSPS) is 15.1. The lowest BCUT2D eigenvalue weighted by Crippen LogP contribution is -2.20. The number of hydrogen-bond donors (Lipinski definition) is 1. The minimum Gasteiger partial charge on any atom is -0.469 e. The van der Waals surface area contributed by atoms with Gasteiger partial charge >= 0.3 is 5.97 Å². The molecular weight excluding hydrogens is 238 g/mol. The van der Waals surface area contributed by atoms with Crippen molar-refractivity contribution >= 4 is 5.97 Å². The molecule has 1 N–H and O–H groups in total. The van der Waals surface area contributed by atoms with Crippen molar-refractivity contribution < 1.29 is 9.53 Å². The quantitative estimate of drug-likeness (QED) is 0.632. The molecule has 0 saturated heterocycles. The zero-order valence-corrected chi connectivity index (χ0v) is 11.9. The molecule has 0 spiro atoms. The fraction of sp³-hybridized carbons (Fsp3) is 0.562. The molecule has 0 amide bonds. The van der Waals surface area contributed by atoms with E-state index in [2.05, 4.69) is 35.2 Å². The van der Waals surface area contributed by atoms with E-state index in [-0.39, 0.29) is 5.97 Å². The van der Waals surface area contributed by atoms with E-state index in [0.29, 0.717) is 12.5 Å². The van der Waals surface area contributed by atoms with Gasteiger partial charge in [0.2, 0.25) is 0 Å². The second-order valence-electron chi connectivity index (χ2n) is 5.24. The van der Waals surface area contributed by atoms with E-state index >= 15 is 0 Å². The Morgan fingerprint density at radius 3 is 2.95 bits per heavy atom. The van der Waals surface area contributed by atoms with E-state index in [1.165, 1.54) is 43.1 Å². The van der Waals surface area contributed by atoms with Crippen LogP contribution in [0.25, 0.3) is 0 Å². The summed E-state index contributed by atoms with van der Waals surface area (Å²) in [5.74, 6) is -0.132. The maximum absolute atomic E-state index is 11.0. The first-order valence-corrected chi connectivity index (χ1v) is 7.12. The zero-order chi connectivity index (χ0) is 13.7. The highest BCUT2D eigenvalue weighted by molar-refractivity contribution is 5.69. The SMILES string of the molecule is COC(=O)CCCNC(C)c1ccc2c(c1)CCC2. The van der Waals surface area contributed by atoms with Crippen LogP contribution in [0.15, 0.2) is 18.2 Å². The van der Waals surface area contributed by atoms with Gasteiger partial charge in [-0.15, -0.1) is 0 Å². The minimum atomic E-state index is -0.132. The summed E-state index contributed by atoms with van der Waals surface area (Å²) in [6.45, 7) is 3.02. The fourth-order valence-electron chi connectivity index (χ4n) is 2.63. The van der Waals surface area contributed by atoms with E-state index in [1.807, 2.05) is 0 Å². The van der Waals surface area contributed by atoms with Crippen LogP contribution < -0.4 is 5.32 Å². The Morgan fingerprint density at radius 2 is 2.16 bits per heavy atom. The number of fused-ring (bicyclic) bond motifs is 1. The number of ether oxygens (including phenoxy) is 1. The highest BCUT2D eigenvalue weighted by atomic mass is 16.5. The van der Waals surface area contributed by atoms with Crippen LogP contribution in [0.5, 0.6) is 0 Å². The summed E-state index contributed by atoms with van der Waals surface area (Å²) in [6, 6.07) is 7.16. The molecule has 19 heavy (non-hydrogen) atoms. The molecule has 0 aromatic heterocycles. The van der Waals surface area contributed by atoms with E-state index in [9.17, 15) is 4.79 Å². The molecule has 0 bridgehead atoms. The number of nitrogens with one attached hydrogen (secondary N) is 1. The third kappa shape index (κ3) is 3.80. The van der Waals surface area contributed by atoms with Crippen LogP contribution in [0.1, 0.15) is 48.9 Å². The molecule has 0 radical (unpaired) electrons. The van der Waals surface area contributed by atoms with Crippen molar-refractivity contribution in [2.75, 3.05) is 13.7 Å². The summed E-state index contributed by atoms with van der Waals surface area (Å²) in [5.41, 5.74) is 4.38. The molecule has 1 aromatic carbocycles. The van der Waals surface area contributed by atoms with E-state index < -0.39 is 0 Å². The fourth-order valence-corrected chi connectivity index (χ4v) is 2.63. The van der Waals surface area contributed by atoms with Gasteiger partial charge in [0.15, 0.2) is 0 Å². The molecule has 1 aliphatic carbocycles. The van der Waals surface area contributed by atoms with Gasteiger partial charge in [-0.1, -0.05) is 18.2 Å². The summed E-state index contributed by atoms with van der Waals surface area (Å²) in [6.07, 6.45) is 5.05. The number of benzene rings is 1. The Balaban J connectivity index is 1.80. The summed E-state index contributed by atoms with van der Waals surface area (Å²) in [5, 5.41) is 3.46. The van der Waals surface area contributed by atoms with Gasteiger partial charge < -0.3 is 10.1 Å². The topological polar surface area (TPSA) is 38.3 Å². The predicted molar refractivity (Wildman–Crippen MR) is 76.1 cm³/mol. The molecule has 1 unspecified atom stereocenters. The van der Waals surface area contributed by atoms with Crippen LogP contribution in [0.2, 0.25) is 0 Å². The third-order valence-electron chi connectivity index (χ3n) is 3.86. The smallest absolute Gasteiger partial charge is 0.305 e. The lowest BCUT2D eigenvalue weighted by atomic mass is 10.0. The van der Waals surface area contributed by atoms with Crippen LogP contribution in [0.4, 0.5) is 0 Å². The van der Waals surface area contributed by atoms with Crippen LogP contribution in [0, 0.1) is 0 Å². The van der Waals surface area contributed by atoms with Crippen LogP contribution in [-0.2, 0) is 22.4 Å². The molecule has 1 atom stereocenters. The van der Waals surface area contributed by atoms with E-state index in [4.69, 9.17) is 0 Å². The van der Waals surface area contributed by atoms with Crippen molar-refractivity contribution in [3.05, 3.63) is 34.9 Å². The number of methoxy groups -OCH3 is 1. The predicted octanol–water partition coefficient (Wildman–Crippen LogP) is 2.78. The Labute approximate surface area is 115 Å². The molecule has 0 heterocycles. The molecule has 3 nitrogen and oxygen atoms in total. The van der Waals surface area contributed by atoms with Gasteiger partial charge in [-0.3, -0.25) is 4.79 Å². The zero-order valence-electron chi connectivity index (χ0n) is 11.9. The van der Waals surface area contributed by atoms with E-state index in [0.717, 1.165) is 13.0 Å². The highest BCUT2D eigenvalue weighted by Gasteiger charge is 2.13. The van der Waals surface area contributed by atoms with Gasteiger partial charge in [0.05, 0.1) is 7.11 Å². The average molecular weight is 261 g/mol. The molecule has 104 valence electrons. The van der Waals surface area contributed by atoms with Crippen molar-refractivity contribution in [2.45, 2.75) is 45.1 Å². The molecule has 0 fully saturated rings. The number of carbonyl (C=O) groups is 1. The number of carbonyl (C=O) groups excluding carboxylic acids is 1. The van der Waals surface area contributed by atoms with Crippen LogP contribution in [0.3, 0.4) is 0 Å². The third-order valence-corrected chi connectivity index (χ3v) is 3.86. The molecule has 1 aliphatic rings. The average Bonchev–Trinajstić information content (AvgIpc) is 2.90. The van der Waals surface area contributed by atoms with E-state index in [1.54, 1.807) is 0 Å². The Kier molecular flexibility index (Phi) is 4.97. The summed E-state index contributed by atoms with van der Waals surface area (Å²) in [7, 11) is 1.43. The van der Waals surface area contributed by atoms with Crippen LogP contribution >= 0.6 is 0 Å². The standard InChI is InChI=1S/C16H23NO2/c1-12(17-10-4-7-16(18)19-2)14-9-8-13-5-3-6-15(13)11-14/h8-9,11-12,17H,3-7,10H2,1-2H3. The second-order valence-corrected chi connectivity index (χ2v) is 5.24. The number of aryl methyl sites for hydroxylation is 2. The number of hydrogen-bond acceptors (Lipinski definition) is 3. The minimum absolute atomic E-state index is 0.132. The van der Waals surface area contributed by atoms with Gasteiger partial charge in [0.25, 0.3) is 0 Å². The molecular formula is C16H23NO2. The first-order valence-electron chi connectivity index (χ1n) is 7.12. The second kappa shape index (κ2) is 6.71. The maximum Gasteiger partial charge on any atom is 0.305 e. The summed E-state index contributed by atoms with van der Waals surface area (Å²) in [4.78, 5) is 11.0. The van der Waals surface area contributed by atoms with Crippen molar-refractivity contribution in [1.82, 2.24) is 5.32 Å². The van der Waals surface area contributed by atoms with Crippen molar-refractivity contribution in [3.8, 4) is 0 Å². The lowest BCUT2D eigenvalue weighted by molar-refractivity contribution is -0.140. The van der Waals surface area contributed by atoms with Gasteiger partial charge in [-0.2, -0.15) is 0 Å². The molecule has 2 rings (SSSR count). The molecule has 1 aromatic rings. The van der Waals surface area contributed by atoms with Crippen molar-refractivity contribution in [1.29, 1.82) is 0 Å². The monoisotopic (exact) mass is 261 g/mol. The Morgan fingerprint density at radius 1 is 1.37 bits per heavy atom. The Bertz CT molecular complexity index is 442. The number of rotatable bonds is 6. The van der Waals surface area contributed by atoms with Gasteiger partial charge in [-0.05, 0) is 55.8 Å². The van der Waals surface area contributed by atoms with Gasteiger partial charge in [-0.25, -0.2) is 0 Å². The van der Waals surface area contributed by atoms with Crippen molar-refractivity contribution in [3.63, 3.8) is 0 Å².